The number of nitrogens with one attached hydrogen (secondary N) is 1. The Hall–Kier alpha value is -2.41. The van der Waals surface area contributed by atoms with E-state index in [0.29, 0.717) is 13.1 Å². The number of aromatic nitrogens is 2. The molecule has 7 heteroatoms. The summed E-state index contributed by atoms with van der Waals surface area (Å²) in [5.74, 6) is 0.652. The van der Waals surface area contributed by atoms with Crippen LogP contribution in [0.2, 0.25) is 0 Å². The number of guanidine groups is 1. The first-order valence-corrected chi connectivity index (χ1v) is 9.05. The molecule has 2 aromatic rings. The maximum Gasteiger partial charge on any atom is 0.194 e. The van der Waals surface area contributed by atoms with Crippen LogP contribution < -0.4 is 5.32 Å². The molecule has 0 saturated carbocycles. The third kappa shape index (κ3) is 4.82. The van der Waals surface area contributed by atoms with E-state index in [4.69, 9.17) is 9.73 Å². The summed E-state index contributed by atoms with van der Waals surface area (Å²) in [7, 11) is 0. The lowest BCUT2D eigenvalue weighted by Crippen LogP contribution is -2.50. The summed E-state index contributed by atoms with van der Waals surface area (Å²) in [5, 5.41) is 3.37. The second kappa shape index (κ2) is 8.80. The van der Waals surface area contributed by atoms with Crippen molar-refractivity contribution in [2.45, 2.75) is 32.6 Å². The molecule has 1 aromatic carbocycles. The van der Waals surface area contributed by atoms with E-state index in [2.05, 4.69) is 29.0 Å². The molecule has 1 N–H and O–H groups in total. The third-order valence-electron chi connectivity index (χ3n) is 4.32. The number of nitrogens with zero attached hydrogens (tertiary/aromatic N) is 4. The first-order chi connectivity index (χ1) is 12.7. The van der Waals surface area contributed by atoms with Crippen LogP contribution in [0.1, 0.15) is 25.5 Å². The Balaban J connectivity index is 1.69. The predicted octanol–water partition coefficient (Wildman–Crippen LogP) is 2.45. The predicted molar refractivity (Wildman–Crippen MR) is 99.5 cm³/mol. The first-order valence-electron chi connectivity index (χ1n) is 9.05. The van der Waals surface area contributed by atoms with Gasteiger partial charge in [0.15, 0.2) is 5.96 Å². The molecule has 0 spiro atoms. The van der Waals surface area contributed by atoms with E-state index < -0.39 is 0 Å². The van der Waals surface area contributed by atoms with Crippen molar-refractivity contribution in [2.24, 2.45) is 4.99 Å². The summed E-state index contributed by atoms with van der Waals surface area (Å²) >= 11 is 0. The van der Waals surface area contributed by atoms with Gasteiger partial charge in [-0.1, -0.05) is 12.1 Å². The van der Waals surface area contributed by atoms with Crippen molar-refractivity contribution in [3.63, 3.8) is 0 Å². The van der Waals surface area contributed by atoms with Crippen LogP contribution in [0.4, 0.5) is 4.39 Å². The standard InChI is InChI=1S/C19H26FN5O/c1-3-22-19(23-9-11-24-10-8-21-14-24)25-12-15(2)26-18(13-25)16-4-6-17(20)7-5-16/h4-8,10,14-15,18H,3,9,11-13H2,1-2H3,(H,22,23). The van der Waals surface area contributed by atoms with Crippen LogP contribution in [0, 0.1) is 5.82 Å². The van der Waals surface area contributed by atoms with Gasteiger partial charge in [0.05, 0.1) is 25.5 Å². The minimum atomic E-state index is -0.233. The number of hydrogen-bond donors (Lipinski definition) is 1. The number of aliphatic imine (C=N–C) groups is 1. The van der Waals surface area contributed by atoms with Crippen molar-refractivity contribution in [1.82, 2.24) is 19.8 Å². The van der Waals surface area contributed by atoms with E-state index in [1.807, 2.05) is 10.8 Å². The van der Waals surface area contributed by atoms with Crippen LogP contribution in [0.25, 0.3) is 0 Å². The molecule has 1 aliphatic heterocycles. The van der Waals surface area contributed by atoms with Gasteiger partial charge in [-0.3, -0.25) is 4.99 Å². The van der Waals surface area contributed by atoms with Gasteiger partial charge in [0.1, 0.15) is 11.9 Å². The van der Waals surface area contributed by atoms with Crippen molar-refractivity contribution in [2.75, 3.05) is 26.2 Å². The highest BCUT2D eigenvalue weighted by atomic mass is 19.1. The van der Waals surface area contributed by atoms with Crippen LogP contribution in [0.3, 0.4) is 0 Å². The van der Waals surface area contributed by atoms with Crippen molar-refractivity contribution in [3.05, 3.63) is 54.4 Å². The Morgan fingerprint density at radius 3 is 2.85 bits per heavy atom. The molecule has 0 bridgehead atoms. The molecule has 1 aliphatic rings. The molecule has 0 aliphatic carbocycles. The van der Waals surface area contributed by atoms with Gasteiger partial charge in [-0.15, -0.1) is 0 Å². The number of ether oxygens (including phenoxy) is 1. The van der Waals surface area contributed by atoms with Gasteiger partial charge in [-0.25, -0.2) is 9.37 Å². The highest BCUT2D eigenvalue weighted by Crippen LogP contribution is 2.25. The Morgan fingerprint density at radius 2 is 2.15 bits per heavy atom. The number of halogens is 1. The van der Waals surface area contributed by atoms with E-state index in [1.54, 1.807) is 24.7 Å². The smallest absolute Gasteiger partial charge is 0.194 e. The fraction of sp³-hybridized carbons (Fsp3) is 0.474. The molecule has 26 heavy (non-hydrogen) atoms. The summed E-state index contributed by atoms with van der Waals surface area (Å²) in [6.45, 7) is 7.84. The molecule has 1 saturated heterocycles. The second-order valence-electron chi connectivity index (χ2n) is 6.43. The van der Waals surface area contributed by atoms with Crippen LogP contribution in [-0.4, -0.2) is 52.7 Å². The van der Waals surface area contributed by atoms with Gasteiger partial charge in [0.25, 0.3) is 0 Å². The molecule has 2 unspecified atom stereocenters. The lowest BCUT2D eigenvalue weighted by Gasteiger charge is -2.38. The number of hydrogen-bond acceptors (Lipinski definition) is 3. The summed E-state index contributed by atoms with van der Waals surface area (Å²) in [6.07, 6.45) is 5.47. The van der Waals surface area contributed by atoms with E-state index in [0.717, 1.165) is 31.2 Å². The minimum absolute atomic E-state index is 0.0660. The van der Waals surface area contributed by atoms with Crippen LogP contribution in [0.5, 0.6) is 0 Å². The molecule has 6 nitrogen and oxygen atoms in total. The molecule has 2 atom stereocenters. The number of imidazole rings is 1. The van der Waals surface area contributed by atoms with E-state index in [-0.39, 0.29) is 18.0 Å². The van der Waals surface area contributed by atoms with Gasteiger partial charge in [0.2, 0.25) is 0 Å². The van der Waals surface area contributed by atoms with Gasteiger partial charge in [0, 0.05) is 32.0 Å². The van der Waals surface area contributed by atoms with Crippen LogP contribution in [-0.2, 0) is 11.3 Å². The van der Waals surface area contributed by atoms with Crippen LogP contribution >= 0.6 is 0 Å². The summed E-state index contributed by atoms with van der Waals surface area (Å²) in [5.41, 5.74) is 0.984. The maximum absolute atomic E-state index is 13.2. The monoisotopic (exact) mass is 359 g/mol. The zero-order valence-electron chi connectivity index (χ0n) is 15.3. The van der Waals surface area contributed by atoms with Crippen molar-refractivity contribution in [1.29, 1.82) is 0 Å². The topological polar surface area (TPSA) is 54.7 Å². The van der Waals surface area contributed by atoms with E-state index in [1.165, 1.54) is 12.1 Å². The molecule has 0 radical (unpaired) electrons. The molecule has 1 aromatic heterocycles. The van der Waals surface area contributed by atoms with E-state index in [9.17, 15) is 4.39 Å². The maximum atomic E-state index is 13.2. The Morgan fingerprint density at radius 1 is 1.35 bits per heavy atom. The number of benzene rings is 1. The summed E-state index contributed by atoms with van der Waals surface area (Å²) in [4.78, 5) is 11.0. The highest BCUT2D eigenvalue weighted by molar-refractivity contribution is 5.80. The molecular weight excluding hydrogens is 333 g/mol. The van der Waals surface area contributed by atoms with Gasteiger partial charge >= 0.3 is 0 Å². The van der Waals surface area contributed by atoms with Crippen LogP contribution in [0.15, 0.2) is 48.0 Å². The second-order valence-corrected chi connectivity index (χ2v) is 6.43. The summed E-state index contributed by atoms with van der Waals surface area (Å²) in [6, 6.07) is 6.54. The van der Waals surface area contributed by atoms with Crippen molar-refractivity contribution >= 4 is 5.96 Å². The van der Waals surface area contributed by atoms with Gasteiger partial charge in [-0.05, 0) is 31.5 Å². The fourth-order valence-corrected chi connectivity index (χ4v) is 3.10. The lowest BCUT2D eigenvalue weighted by atomic mass is 10.1. The summed E-state index contributed by atoms with van der Waals surface area (Å²) < 4.78 is 21.3. The average Bonchev–Trinajstić information content (AvgIpc) is 3.14. The van der Waals surface area contributed by atoms with Gasteiger partial charge in [-0.2, -0.15) is 0 Å². The quantitative estimate of drug-likeness (QED) is 0.658. The van der Waals surface area contributed by atoms with E-state index >= 15 is 0 Å². The zero-order valence-corrected chi connectivity index (χ0v) is 15.3. The Bertz CT molecular complexity index is 701. The molecular formula is C19H26FN5O. The lowest BCUT2D eigenvalue weighted by molar-refractivity contribution is -0.0605. The zero-order chi connectivity index (χ0) is 18.4. The first kappa shape index (κ1) is 18.4. The molecule has 0 amide bonds. The minimum Gasteiger partial charge on any atom is -0.367 e. The average molecular weight is 359 g/mol. The Kier molecular flexibility index (Phi) is 6.22. The largest absolute Gasteiger partial charge is 0.367 e. The van der Waals surface area contributed by atoms with Crippen molar-refractivity contribution in [3.8, 4) is 0 Å². The molecule has 2 heterocycles. The molecule has 3 rings (SSSR count). The number of rotatable bonds is 5. The Labute approximate surface area is 153 Å². The SMILES string of the molecule is CCNC(=NCCn1ccnc1)N1CC(C)OC(c2ccc(F)cc2)C1. The van der Waals surface area contributed by atoms with Gasteiger partial charge < -0.3 is 19.5 Å². The molecule has 140 valence electrons. The van der Waals surface area contributed by atoms with Crippen molar-refractivity contribution < 1.29 is 9.13 Å². The fourth-order valence-electron chi connectivity index (χ4n) is 3.10. The highest BCUT2D eigenvalue weighted by Gasteiger charge is 2.28. The number of morpholine rings is 1. The third-order valence-corrected chi connectivity index (χ3v) is 4.32. The molecule has 1 fully saturated rings. The normalized spacial score (nSPS) is 21.0.